The van der Waals surface area contributed by atoms with Gasteiger partial charge in [0, 0.05) is 18.7 Å². The molecule has 0 spiro atoms. The van der Waals surface area contributed by atoms with Crippen LogP contribution in [0.2, 0.25) is 0 Å². The Morgan fingerprint density at radius 2 is 1.95 bits per heavy atom. The minimum atomic E-state index is -0.687. The highest BCUT2D eigenvalue weighted by molar-refractivity contribution is 7.17. The molecule has 0 fully saturated rings. The summed E-state index contributed by atoms with van der Waals surface area (Å²) in [5, 5.41) is 15.2. The quantitative estimate of drug-likeness (QED) is 0.667. The summed E-state index contributed by atoms with van der Waals surface area (Å²) in [6.45, 7) is 1.30. The topological polar surface area (TPSA) is 101 Å². The first-order valence-corrected chi connectivity index (χ1v) is 6.81. The molecule has 2 rings (SSSR count). The lowest BCUT2D eigenvalue weighted by molar-refractivity contribution is -0.380. The molecule has 0 saturated heterocycles. The highest BCUT2D eigenvalue weighted by Gasteiger charge is 2.16. The van der Waals surface area contributed by atoms with Crippen LogP contribution >= 0.6 is 11.3 Å². The number of nitro groups is 1. The van der Waals surface area contributed by atoms with Gasteiger partial charge in [-0.2, -0.15) is 0 Å². The van der Waals surface area contributed by atoms with Crippen molar-refractivity contribution in [3.8, 4) is 0 Å². The fourth-order valence-electron chi connectivity index (χ4n) is 1.63. The largest absolute Gasteiger partial charge is 0.326 e. The Morgan fingerprint density at radius 1 is 1.23 bits per heavy atom. The molecular formula is C13H10FN3O4S. The van der Waals surface area contributed by atoms with E-state index in [1.54, 1.807) is 0 Å². The third kappa shape index (κ3) is 3.64. The molecule has 0 atom stereocenters. The van der Waals surface area contributed by atoms with E-state index in [2.05, 4.69) is 10.6 Å². The molecule has 0 saturated carbocycles. The third-order valence-electron chi connectivity index (χ3n) is 2.53. The monoisotopic (exact) mass is 323 g/mol. The molecule has 9 heteroatoms. The zero-order valence-corrected chi connectivity index (χ0v) is 12.1. The molecule has 114 valence electrons. The Bertz CT molecular complexity index is 759. The van der Waals surface area contributed by atoms with E-state index in [1.807, 2.05) is 0 Å². The van der Waals surface area contributed by atoms with Gasteiger partial charge in [-0.3, -0.25) is 19.7 Å². The van der Waals surface area contributed by atoms with Crippen LogP contribution in [0.3, 0.4) is 0 Å². The molecule has 0 radical (unpaired) electrons. The molecule has 2 N–H and O–H groups in total. The SMILES string of the molecule is CC(=O)Nc1ccc(F)c(NC(=O)c2ccc([N+](=O)[O-])s2)c1. The molecule has 7 nitrogen and oxygen atoms in total. The minimum Gasteiger partial charge on any atom is -0.326 e. The fourth-order valence-corrected chi connectivity index (χ4v) is 2.35. The molecular weight excluding hydrogens is 313 g/mol. The average molecular weight is 323 g/mol. The summed E-state index contributed by atoms with van der Waals surface area (Å²) in [6, 6.07) is 6.19. The van der Waals surface area contributed by atoms with Crippen molar-refractivity contribution in [2.24, 2.45) is 0 Å². The predicted octanol–water partition coefficient (Wildman–Crippen LogP) is 3.01. The number of rotatable bonds is 4. The van der Waals surface area contributed by atoms with Gasteiger partial charge >= 0.3 is 5.00 Å². The molecule has 0 unspecified atom stereocenters. The van der Waals surface area contributed by atoms with Crippen molar-refractivity contribution in [2.75, 3.05) is 10.6 Å². The van der Waals surface area contributed by atoms with Gasteiger partial charge in [-0.25, -0.2) is 4.39 Å². The first-order chi connectivity index (χ1) is 10.4. The summed E-state index contributed by atoms with van der Waals surface area (Å²) >= 11 is 0.686. The maximum Gasteiger partial charge on any atom is 0.324 e. The minimum absolute atomic E-state index is 0.0797. The van der Waals surface area contributed by atoms with E-state index in [-0.39, 0.29) is 21.5 Å². The van der Waals surface area contributed by atoms with Gasteiger partial charge in [0.2, 0.25) is 5.91 Å². The number of hydrogen-bond acceptors (Lipinski definition) is 5. The van der Waals surface area contributed by atoms with Crippen molar-refractivity contribution in [1.29, 1.82) is 0 Å². The number of halogens is 1. The van der Waals surface area contributed by atoms with Crippen LogP contribution in [0, 0.1) is 15.9 Å². The highest BCUT2D eigenvalue weighted by atomic mass is 32.1. The van der Waals surface area contributed by atoms with E-state index in [9.17, 15) is 24.1 Å². The Labute approximate surface area is 127 Å². The van der Waals surface area contributed by atoms with Gasteiger partial charge in [0.1, 0.15) is 5.82 Å². The van der Waals surface area contributed by atoms with Crippen LogP contribution in [0.25, 0.3) is 0 Å². The lowest BCUT2D eigenvalue weighted by Gasteiger charge is -2.08. The first kappa shape index (κ1) is 15.6. The molecule has 2 amide bonds. The number of hydrogen-bond donors (Lipinski definition) is 2. The maximum atomic E-state index is 13.7. The molecule has 0 bridgehead atoms. The van der Waals surface area contributed by atoms with E-state index >= 15 is 0 Å². The van der Waals surface area contributed by atoms with Gasteiger partial charge in [0.15, 0.2) is 0 Å². The zero-order chi connectivity index (χ0) is 16.3. The van der Waals surface area contributed by atoms with E-state index in [4.69, 9.17) is 0 Å². The summed E-state index contributed by atoms with van der Waals surface area (Å²) in [4.78, 5) is 33.0. The maximum absolute atomic E-state index is 13.7. The van der Waals surface area contributed by atoms with E-state index in [0.29, 0.717) is 17.0 Å². The van der Waals surface area contributed by atoms with Gasteiger partial charge in [0.05, 0.1) is 15.5 Å². The third-order valence-corrected chi connectivity index (χ3v) is 3.57. The van der Waals surface area contributed by atoms with Gasteiger partial charge in [0.25, 0.3) is 5.91 Å². The second-order valence-electron chi connectivity index (χ2n) is 4.22. The second kappa shape index (κ2) is 6.31. The molecule has 1 heterocycles. The van der Waals surface area contributed by atoms with Crippen LogP contribution < -0.4 is 10.6 Å². The van der Waals surface area contributed by atoms with Crippen molar-refractivity contribution < 1.29 is 18.9 Å². The number of benzene rings is 1. The van der Waals surface area contributed by atoms with Crippen molar-refractivity contribution in [1.82, 2.24) is 0 Å². The van der Waals surface area contributed by atoms with E-state index in [0.717, 1.165) is 6.07 Å². The molecule has 1 aromatic heterocycles. The highest BCUT2D eigenvalue weighted by Crippen LogP contribution is 2.26. The average Bonchev–Trinajstić information content (AvgIpc) is 2.92. The van der Waals surface area contributed by atoms with Crippen LogP contribution in [0.4, 0.5) is 20.8 Å². The number of amides is 2. The van der Waals surface area contributed by atoms with E-state index in [1.165, 1.54) is 31.2 Å². The summed E-state index contributed by atoms with van der Waals surface area (Å²) in [6.07, 6.45) is 0. The molecule has 0 aliphatic carbocycles. The fraction of sp³-hybridized carbons (Fsp3) is 0.0769. The Hall–Kier alpha value is -2.81. The number of nitrogens with one attached hydrogen (secondary N) is 2. The van der Waals surface area contributed by atoms with Crippen LogP contribution in [-0.4, -0.2) is 16.7 Å². The Morgan fingerprint density at radius 3 is 2.55 bits per heavy atom. The van der Waals surface area contributed by atoms with Crippen LogP contribution in [0.15, 0.2) is 30.3 Å². The Balaban J connectivity index is 2.19. The van der Waals surface area contributed by atoms with E-state index < -0.39 is 16.6 Å². The summed E-state index contributed by atoms with van der Waals surface area (Å²) in [5.74, 6) is -1.69. The van der Waals surface area contributed by atoms with Crippen molar-refractivity contribution in [2.45, 2.75) is 6.92 Å². The van der Waals surface area contributed by atoms with Crippen molar-refractivity contribution in [3.63, 3.8) is 0 Å². The van der Waals surface area contributed by atoms with Gasteiger partial charge in [-0.05, 0) is 24.3 Å². The molecule has 1 aromatic carbocycles. The smallest absolute Gasteiger partial charge is 0.324 e. The van der Waals surface area contributed by atoms with Crippen LogP contribution in [0.5, 0.6) is 0 Å². The molecule has 2 aromatic rings. The van der Waals surface area contributed by atoms with Crippen LogP contribution in [0.1, 0.15) is 16.6 Å². The number of thiophene rings is 1. The Kier molecular flexibility index (Phi) is 4.47. The summed E-state index contributed by atoms with van der Waals surface area (Å²) in [7, 11) is 0. The predicted molar refractivity (Wildman–Crippen MR) is 79.6 cm³/mol. The molecule has 0 aliphatic rings. The lowest BCUT2D eigenvalue weighted by atomic mass is 10.2. The standard InChI is InChI=1S/C13H10FN3O4S/c1-7(18)15-8-2-3-9(14)10(6-8)16-13(19)11-4-5-12(22-11)17(20)21/h2-6H,1H3,(H,15,18)(H,16,19). The summed E-state index contributed by atoms with van der Waals surface area (Å²) < 4.78 is 13.7. The zero-order valence-electron chi connectivity index (χ0n) is 11.3. The molecule has 22 heavy (non-hydrogen) atoms. The number of carbonyl (C=O) groups excluding carboxylic acids is 2. The van der Waals surface area contributed by atoms with Crippen molar-refractivity contribution >= 4 is 39.5 Å². The number of anilines is 2. The first-order valence-electron chi connectivity index (χ1n) is 5.99. The second-order valence-corrected chi connectivity index (χ2v) is 5.29. The molecule has 0 aliphatic heterocycles. The van der Waals surface area contributed by atoms with Gasteiger partial charge < -0.3 is 10.6 Å². The van der Waals surface area contributed by atoms with Crippen LogP contribution in [-0.2, 0) is 4.79 Å². The number of carbonyl (C=O) groups is 2. The number of nitrogens with zero attached hydrogens (tertiary/aromatic N) is 1. The van der Waals surface area contributed by atoms with Crippen molar-refractivity contribution in [3.05, 3.63) is 51.1 Å². The normalized spacial score (nSPS) is 10.1. The lowest BCUT2D eigenvalue weighted by Crippen LogP contribution is -2.12. The summed E-state index contributed by atoms with van der Waals surface area (Å²) in [5.41, 5.74) is 0.189. The van der Waals surface area contributed by atoms with Gasteiger partial charge in [-0.15, -0.1) is 0 Å². The van der Waals surface area contributed by atoms with Gasteiger partial charge in [-0.1, -0.05) is 11.3 Å².